The van der Waals surface area contributed by atoms with Crippen molar-refractivity contribution < 1.29 is 13.2 Å². The van der Waals surface area contributed by atoms with Gasteiger partial charge in [-0.1, -0.05) is 0 Å². The number of alkyl halides is 1. The van der Waals surface area contributed by atoms with Crippen molar-refractivity contribution in [3.8, 4) is 0 Å². The van der Waals surface area contributed by atoms with Gasteiger partial charge in [-0.2, -0.15) is 0 Å². The number of hydrogen-bond donors (Lipinski definition) is 3. The molecule has 9 heteroatoms. The highest BCUT2D eigenvalue weighted by atomic mass is 35.5. The number of carbonyl (C=O) groups excluding carboxylic acids is 1. The van der Waals surface area contributed by atoms with Crippen LogP contribution in [0.2, 0.25) is 0 Å². The summed E-state index contributed by atoms with van der Waals surface area (Å²) in [5.74, 6) is -0.0582. The molecule has 7 nitrogen and oxygen atoms in total. The van der Waals surface area contributed by atoms with Gasteiger partial charge in [-0.05, 0) is 70.2 Å². The maximum absolute atomic E-state index is 12.6. The lowest BCUT2D eigenvalue weighted by Gasteiger charge is -2.28. The molecule has 0 spiro atoms. The Morgan fingerprint density at radius 1 is 1.10 bits per heavy atom. The van der Waals surface area contributed by atoms with Crippen LogP contribution >= 0.6 is 11.6 Å². The Balaban J connectivity index is 0.00000155. The van der Waals surface area contributed by atoms with E-state index in [0.717, 1.165) is 30.9 Å². The Hall–Kier alpha value is -1.35. The van der Waals surface area contributed by atoms with Gasteiger partial charge in [0.1, 0.15) is 0 Å². The van der Waals surface area contributed by atoms with Crippen molar-refractivity contribution in [1.29, 1.82) is 0 Å². The second-order valence-electron chi connectivity index (χ2n) is 8.29. The Morgan fingerprint density at radius 2 is 1.70 bits per heavy atom. The minimum Gasteiger partial charge on any atom is -0.370 e. The van der Waals surface area contributed by atoms with Crippen LogP contribution < -0.4 is 20.7 Å². The molecule has 0 aromatic heterocycles. The summed E-state index contributed by atoms with van der Waals surface area (Å²) in [5.41, 5.74) is 7.88. The molecule has 1 aliphatic heterocycles. The number of nitrogens with zero attached hydrogens (tertiary/aromatic N) is 1. The standard InChI is InChI=1S/C20H32N4O3S.CH3Cl/c1-14(2)28(26,27)23-18-5-3-15(4-6-18)20(25)22-17-7-9-19(10-8-17)24-12-11-16(21)13-24;1-2/h7-10,14-16,18,23H,3-6,11-13,21H2,1-2H3,(H,22,25);1H3. The normalized spacial score (nSPS) is 24.3. The Labute approximate surface area is 185 Å². The van der Waals surface area contributed by atoms with Gasteiger partial charge in [-0.25, -0.2) is 13.1 Å². The highest BCUT2D eigenvalue weighted by Gasteiger charge is 2.29. The third-order valence-corrected chi connectivity index (χ3v) is 7.68. The molecular formula is C21H35ClN4O3S. The summed E-state index contributed by atoms with van der Waals surface area (Å²) < 4.78 is 26.8. The summed E-state index contributed by atoms with van der Waals surface area (Å²) in [4.78, 5) is 14.8. The first kappa shape index (κ1) is 24.9. The summed E-state index contributed by atoms with van der Waals surface area (Å²) in [5, 5.41) is 2.56. The molecule has 1 heterocycles. The molecule has 30 heavy (non-hydrogen) atoms. The highest BCUT2D eigenvalue weighted by molar-refractivity contribution is 7.90. The molecule has 1 aromatic carbocycles. The van der Waals surface area contributed by atoms with Gasteiger partial charge in [-0.15, -0.1) is 11.6 Å². The Kier molecular flexibility index (Phi) is 9.40. The third-order valence-electron chi connectivity index (χ3n) is 5.77. The van der Waals surface area contributed by atoms with E-state index in [2.05, 4.69) is 26.5 Å². The molecule has 1 aromatic rings. The van der Waals surface area contributed by atoms with Crippen LogP contribution in [0.25, 0.3) is 0 Å². The van der Waals surface area contributed by atoms with Crippen LogP contribution in [0.15, 0.2) is 24.3 Å². The van der Waals surface area contributed by atoms with Gasteiger partial charge in [0.05, 0.1) is 5.25 Å². The molecule has 1 saturated carbocycles. The fourth-order valence-corrected chi connectivity index (χ4v) is 4.84. The largest absolute Gasteiger partial charge is 0.370 e. The first-order valence-corrected chi connectivity index (χ1v) is 12.8. The van der Waals surface area contributed by atoms with Crippen LogP contribution in [-0.4, -0.2) is 51.1 Å². The second kappa shape index (κ2) is 11.3. The molecule has 3 rings (SSSR count). The van der Waals surface area contributed by atoms with E-state index in [1.807, 2.05) is 24.3 Å². The molecule has 4 N–H and O–H groups in total. The van der Waals surface area contributed by atoms with Gasteiger partial charge < -0.3 is 16.0 Å². The number of carbonyl (C=O) groups is 1. The maximum Gasteiger partial charge on any atom is 0.227 e. The number of sulfonamides is 1. The van der Waals surface area contributed by atoms with Crippen molar-refractivity contribution in [2.45, 2.75) is 63.3 Å². The topological polar surface area (TPSA) is 105 Å². The van der Waals surface area contributed by atoms with Gasteiger partial charge in [0, 0.05) is 48.8 Å². The van der Waals surface area contributed by atoms with Crippen LogP contribution in [0, 0.1) is 5.92 Å². The van der Waals surface area contributed by atoms with Gasteiger partial charge >= 0.3 is 0 Å². The van der Waals surface area contributed by atoms with Crippen molar-refractivity contribution in [3.05, 3.63) is 24.3 Å². The minimum absolute atomic E-state index is 0.0149. The molecule has 2 fully saturated rings. The van der Waals surface area contributed by atoms with Crippen LogP contribution in [0.3, 0.4) is 0 Å². The zero-order chi connectivity index (χ0) is 22.3. The zero-order valence-corrected chi connectivity index (χ0v) is 19.7. The highest BCUT2D eigenvalue weighted by Crippen LogP contribution is 2.27. The van der Waals surface area contributed by atoms with Gasteiger partial charge in [-0.3, -0.25) is 4.79 Å². The summed E-state index contributed by atoms with van der Waals surface area (Å²) in [6.07, 6.45) is 5.26. The molecule has 2 aliphatic rings. The van der Waals surface area contributed by atoms with E-state index in [4.69, 9.17) is 5.73 Å². The number of nitrogens with one attached hydrogen (secondary N) is 2. The molecular weight excluding hydrogens is 424 g/mol. The second-order valence-corrected chi connectivity index (χ2v) is 10.6. The van der Waals surface area contributed by atoms with E-state index in [9.17, 15) is 13.2 Å². The molecule has 1 amide bonds. The quantitative estimate of drug-likeness (QED) is 0.568. The summed E-state index contributed by atoms with van der Waals surface area (Å²) in [6, 6.07) is 8.07. The Bertz CT molecular complexity index is 778. The number of amides is 1. The van der Waals surface area contributed by atoms with Crippen LogP contribution in [-0.2, 0) is 14.8 Å². The lowest BCUT2D eigenvalue weighted by molar-refractivity contribution is -0.120. The maximum atomic E-state index is 12.6. The van der Waals surface area contributed by atoms with E-state index in [1.54, 1.807) is 13.8 Å². The van der Waals surface area contributed by atoms with Gasteiger partial charge in [0.25, 0.3) is 0 Å². The van der Waals surface area contributed by atoms with Crippen molar-refractivity contribution in [2.24, 2.45) is 11.7 Å². The number of benzene rings is 1. The molecule has 0 radical (unpaired) electrons. The van der Waals surface area contributed by atoms with E-state index >= 15 is 0 Å². The molecule has 1 aliphatic carbocycles. The molecule has 0 bridgehead atoms. The van der Waals surface area contributed by atoms with E-state index in [-0.39, 0.29) is 23.9 Å². The molecule has 1 saturated heterocycles. The van der Waals surface area contributed by atoms with Crippen LogP contribution in [0.5, 0.6) is 0 Å². The van der Waals surface area contributed by atoms with Gasteiger partial charge in [0.2, 0.25) is 15.9 Å². The molecule has 170 valence electrons. The molecule has 1 unspecified atom stereocenters. The summed E-state index contributed by atoms with van der Waals surface area (Å²) >= 11 is 4.64. The summed E-state index contributed by atoms with van der Waals surface area (Å²) in [7, 11) is -3.26. The monoisotopic (exact) mass is 458 g/mol. The average molecular weight is 459 g/mol. The van der Waals surface area contributed by atoms with E-state index in [1.165, 1.54) is 6.38 Å². The fraction of sp³-hybridized carbons (Fsp3) is 0.667. The van der Waals surface area contributed by atoms with Gasteiger partial charge in [0.15, 0.2) is 0 Å². The van der Waals surface area contributed by atoms with Crippen LogP contribution in [0.4, 0.5) is 11.4 Å². The zero-order valence-electron chi connectivity index (χ0n) is 18.1. The first-order chi connectivity index (χ1) is 14.2. The van der Waals surface area contributed by atoms with E-state index < -0.39 is 15.3 Å². The number of halogens is 1. The van der Waals surface area contributed by atoms with Crippen molar-refractivity contribution >= 4 is 38.9 Å². The summed E-state index contributed by atoms with van der Waals surface area (Å²) in [6.45, 7) is 5.18. The fourth-order valence-electron chi connectivity index (χ4n) is 3.86. The lowest BCUT2D eigenvalue weighted by Crippen LogP contribution is -2.42. The van der Waals surface area contributed by atoms with Crippen molar-refractivity contribution in [3.63, 3.8) is 0 Å². The van der Waals surface area contributed by atoms with Crippen molar-refractivity contribution in [1.82, 2.24) is 4.72 Å². The Morgan fingerprint density at radius 3 is 2.20 bits per heavy atom. The third kappa shape index (κ3) is 6.83. The predicted octanol–water partition coefficient (Wildman–Crippen LogP) is 2.90. The number of anilines is 2. The number of hydrogen-bond acceptors (Lipinski definition) is 5. The average Bonchev–Trinajstić information content (AvgIpc) is 3.16. The number of nitrogens with two attached hydrogens (primary N) is 1. The van der Waals surface area contributed by atoms with E-state index in [0.29, 0.717) is 25.7 Å². The smallest absolute Gasteiger partial charge is 0.227 e. The number of rotatable bonds is 6. The minimum atomic E-state index is -3.26. The lowest BCUT2D eigenvalue weighted by atomic mass is 9.86. The first-order valence-electron chi connectivity index (χ1n) is 10.5. The SMILES string of the molecule is CC(C)S(=O)(=O)NC1CCC(C(=O)Nc2ccc(N3CCC(N)C3)cc2)CC1.CCl. The van der Waals surface area contributed by atoms with Crippen LogP contribution in [0.1, 0.15) is 46.0 Å². The predicted molar refractivity (Wildman–Crippen MR) is 125 cm³/mol. The molecule has 1 atom stereocenters. The van der Waals surface area contributed by atoms with Crippen molar-refractivity contribution in [2.75, 3.05) is 29.7 Å².